The summed E-state index contributed by atoms with van der Waals surface area (Å²) in [6.45, 7) is 2.20. The van der Waals surface area contributed by atoms with Gasteiger partial charge in [0.2, 0.25) is 11.8 Å². The van der Waals surface area contributed by atoms with Crippen LogP contribution in [0.3, 0.4) is 0 Å². The number of carbonyl (C=O) groups is 5. The van der Waals surface area contributed by atoms with Crippen molar-refractivity contribution in [1.82, 2.24) is 10.6 Å². The molecule has 0 fully saturated rings. The maximum absolute atomic E-state index is 12.6. The number of carboxylic acid groups (broad SMARTS) is 2. The van der Waals surface area contributed by atoms with E-state index in [1.807, 2.05) is 0 Å². The summed E-state index contributed by atoms with van der Waals surface area (Å²) in [7, 11) is 0. The summed E-state index contributed by atoms with van der Waals surface area (Å²) < 4.78 is 11.2. The lowest BCUT2D eigenvalue weighted by molar-refractivity contribution is -0.143. The molecule has 0 aliphatic rings. The highest BCUT2D eigenvalue weighted by Gasteiger charge is 2.24. The Morgan fingerprint density at radius 2 is 1.51 bits per heavy atom. The fourth-order valence-corrected chi connectivity index (χ4v) is 4.20. The van der Waals surface area contributed by atoms with Crippen molar-refractivity contribution in [1.29, 1.82) is 5.41 Å². The molecule has 0 saturated heterocycles. The lowest BCUT2D eigenvalue weighted by Gasteiger charge is -2.17. The molecule has 2 unspecified atom stereocenters. The lowest BCUT2D eigenvalue weighted by atomic mass is 10.0. The Hall–Kier alpha value is -5.46. The van der Waals surface area contributed by atoms with Crippen LogP contribution < -0.4 is 25.8 Å². The number of benzene rings is 3. The fourth-order valence-electron chi connectivity index (χ4n) is 4.20. The van der Waals surface area contributed by atoms with Gasteiger partial charge in [-0.25, -0.2) is 9.59 Å². The molecule has 2 amide bonds. The third-order valence-electron chi connectivity index (χ3n) is 6.85. The zero-order chi connectivity index (χ0) is 32.9. The average Bonchev–Trinajstić information content (AvgIpc) is 3.01. The van der Waals surface area contributed by atoms with Gasteiger partial charge in [-0.3, -0.25) is 19.8 Å². The summed E-state index contributed by atoms with van der Waals surface area (Å²) in [5, 5.41) is 32.2. The predicted octanol–water partition coefficient (Wildman–Crippen LogP) is 3.08. The van der Waals surface area contributed by atoms with Crippen molar-refractivity contribution in [3.8, 4) is 11.5 Å². The van der Waals surface area contributed by atoms with Gasteiger partial charge < -0.3 is 36.1 Å². The first-order valence-corrected chi connectivity index (χ1v) is 14.3. The predicted molar refractivity (Wildman–Crippen MR) is 164 cm³/mol. The van der Waals surface area contributed by atoms with Crippen LogP contribution in [-0.4, -0.2) is 65.0 Å². The first-order chi connectivity index (χ1) is 21.4. The number of nitrogen functional groups attached to an aromatic ring is 1. The molecule has 0 heterocycles. The normalized spacial score (nSPS) is 12.0. The van der Waals surface area contributed by atoms with Gasteiger partial charge in [-0.05, 0) is 72.5 Å². The van der Waals surface area contributed by atoms with E-state index in [0.29, 0.717) is 42.2 Å². The van der Waals surface area contributed by atoms with Crippen LogP contribution in [-0.2, 0) is 19.2 Å². The molecule has 0 radical (unpaired) electrons. The molecular formula is C32H36N4O9. The maximum atomic E-state index is 12.6. The quantitative estimate of drug-likeness (QED) is 0.0426. The molecule has 45 heavy (non-hydrogen) atoms. The van der Waals surface area contributed by atoms with Crippen LogP contribution in [0.25, 0.3) is 10.8 Å². The highest BCUT2D eigenvalue weighted by molar-refractivity contribution is 5.99. The molecular weight excluding hydrogens is 584 g/mol. The molecule has 2 atom stereocenters. The van der Waals surface area contributed by atoms with E-state index in [-0.39, 0.29) is 31.0 Å². The summed E-state index contributed by atoms with van der Waals surface area (Å²) in [6, 6.07) is 15.6. The number of nitrogens with one attached hydrogen (secondary N) is 3. The minimum atomic E-state index is -1.32. The minimum Gasteiger partial charge on any atom is -0.494 e. The number of hydrogen-bond donors (Lipinski definition) is 6. The van der Waals surface area contributed by atoms with Crippen LogP contribution in [0.15, 0.2) is 60.7 Å². The summed E-state index contributed by atoms with van der Waals surface area (Å²) in [5.74, 6) is -3.60. The Balaban J connectivity index is 1.34. The molecule has 13 nitrogen and oxygen atoms in total. The number of nitrogens with two attached hydrogens (primary N) is 1. The van der Waals surface area contributed by atoms with Crippen molar-refractivity contribution >= 4 is 46.3 Å². The van der Waals surface area contributed by atoms with Crippen molar-refractivity contribution in [3.63, 3.8) is 0 Å². The second-order valence-corrected chi connectivity index (χ2v) is 10.4. The van der Waals surface area contributed by atoms with Gasteiger partial charge in [0.1, 0.15) is 23.4 Å². The van der Waals surface area contributed by atoms with Gasteiger partial charge in [-0.1, -0.05) is 25.1 Å². The second-order valence-electron chi connectivity index (χ2n) is 10.4. The summed E-state index contributed by atoms with van der Waals surface area (Å²) >= 11 is 0. The number of ether oxygens (including phenoxy) is 2. The van der Waals surface area contributed by atoms with Crippen LogP contribution in [0, 0.1) is 11.3 Å². The van der Waals surface area contributed by atoms with Gasteiger partial charge in [0, 0.05) is 30.9 Å². The van der Waals surface area contributed by atoms with Gasteiger partial charge in [-0.2, -0.15) is 0 Å². The highest BCUT2D eigenvalue weighted by atomic mass is 16.5. The van der Waals surface area contributed by atoms with Crippen molar-refractivity contribution < 1.29 is 43.7 Å². The molecule has 0 aliphatic heterocycles. The smallest absolute Gasteiger partial charge is 0.343 e. The van der Waals surface area contributed by atoms with Crippen molar-refractivity contribution in [2.75, 3.05) is 13.2 Å². The first-order valence-electron chi connectivity index (χ1n) is 14.3. The molecule has 7 N–H and O–H groups in total. The number of aliphatic carboxylic acids is 2. The van der Waals surface area contributed by atoms with Gasteiger partial charge >= 0.3 is 17.9 Å². The Labute approximate surface area is 259 Å². The van der Waals surface area contributed by atoms with E-state index in [1.54, 1.807) is 67.6 Å². The molecule has 0 aliphatic carbocycles. The van der Waals surface area contributed by atoms with Crippen LogP contribution in [0.4, 0.5) is 0 Å². The number of carbonyl (C=O) groups excluding carboxylic acids is 3. The highest BCUT2D eigenvalue weighted by Crippen LogP contribution is 2.23. The molecule has 238 valence electrons. The van der Waals surface area contributed by atoms with E-state index >= 15 is 0 Å². The molecule has 13 heteroatoms. The van der Waals surface area contributed by atoms with Crippen LogP contribution in [0.5, 0.6) is 11.5 Å². The third kappa shape index (κ3) is 11.0. The maximum Gasteiger partial charge on any atom is 0.343 e. The van der Waals surface area contributed by atoms with Crippen molar-refractivity contribution in [2.24, 2.45) is 11.7 Å². The van der Waals surface area contributed by atoms with Gasteiger partial charge in [0.25, 0.3) is 0 Å². The Morgan fingerprint density at radius 1 is 0.867 bits per heavy atom. The van der Waals surface area contributed by atoms with Gasteiger partial charge in [0.05, 0.1) is 12.2 Å². The minimum absolute atomic E-state index is 0.0258. The van der Waals surface area contributed by atoms with E-state index in [2.05, 4.69) is 10.6 Å². The van der Waals surface area contributed by atoms with Gasteiger partial charge in [-0.15, -0.1) is 0 Å². The van der Waals surface area contributed by atoms with Crippen LogP contribution >= 0.6 is 0 Å². The molecule has 0 spiro atoms. The van der Waals surface area contributed by atoms with Gasteiger partial charge in [0.15, 0.2) is 0 Å². The van der Waals surface area contributed by atoms with Crippen molar-refractivity contribution in [3.05, 3.63) is 71.8 Å². The number of esters is 1. The van der Waals surface area contributed by atoms with E-state index < -0.39 is 42.2 Å². The summed E-state index contributed by atoms with van der Waals surface area (Å²) in [5.41, 5.74) is 6.48. The second kappa shape index (κ2) is 16.4. The third-order valence-corrected chi connectivity index (χ3v) is 6.85. The SMILES string of the molecule is CC(CCC(=O)NCCCOc1ccc(C(=O)Oc2ccc3cc(C(=N)N)ccc3c2)cc1)C(=O)NC(CCC(=O)O)C(=O)O. The number of fused-ring (bicyclic) bond motifs is 1. The zero-order valence-corrected chi connectivity index (χ0v) is 24.7. The summed E-state index contributed by atoms with van der Waals surface area (Å²) in [6.07, 6.45) is 0.125. The number of amides is 2. The summed E-state index contributed by atoms with van der Waals surface area (Å²) in [4.78, 5) is 58.9. The van der Waals surface area contributed by atoms with Crippen LogP contribution in [0.1, 0.15) is 54.9 Å². The molecule has 0 aromatic heterocycles. The molecule has 0 bridgehead atoms. The van der Waals surface area contributed by atoms with E-state index in [9.17, 15) is 24.0 Å². The standard InChI is InChI=1S/C32H36N4O9/c1-19(30(40)36-26(31(41)42)12-14-28(38)39)3-13-27(37)35-15-2-16-44-24-9-6-20(7-10-24)32(43)45-25-11-8-21-17-23(29(33)34)5-4-22(21)18-25/h4-11,17-19,26H,2-3,12-16H2,1H3,(H3,33,34)(H,35,37)(H,36,40)(H,38,39)(H,41,42). The van der Waals surface area contributed by atoms with E-state index in [4.69, 9.17) is 30.8 Å². The Kier molecular flexibility index (Phi) is 12.4. The largest absolute Gasteiger partial charge is 0.494 e. The Morgan fingerprint density at radius 3 is 2.18 bits per heavy atom. The van der Waals surface area contributed by atoms with E-state index in [1.165, 1.54) is 0 Å². The van der Waals surface area contributed by atoms with Crippen LogP contribution in [0.2, 0.25) is 0 Å². The topological polar surface area (TPSA) is 218 Å². The average molecular weight is 621 g/mol. The number of amidine groups is 1. The lowest BCUT2D eigenvalue weighted by Crippen LogP contribution is -2.43. The number of carboxylic acids is 2. The zero-order valence-electron chi connectivity index (χ0n) is 24.7. The fraction of sp³-hybridized carbons (Fsp3) is 0.312. The molecule has 3 aromatic rings. The first kappa shape index (κ1) is 34.0. The molecule has 3 rings (SSSR count). The molecule has 0 saturated carbocycles. The number of hydrogen-bond acceptors (Lipinski definition) is 8. The Bertz CT molecular complexity index is 1560. The number of rotatable bonds is 17. The molecule has 3 aromatic carbocycles. The monoisotopic (exact) mass is 620 g/mol. The van der Waals surface area contributed by atoms with Crippen molar-refractivity contribution in [2.45, 2.75) is 45.1 Å². The van der Waals surface area contributed by atoms with E-state index in [0.717, 1.165) is 10.8 Å².